The van der Waals surface area contributed by atoms with E-state index in [0.29, 0.717) is 17.3 Å². The number of hydrogen-bond acceptors (Lipinski definition) is 3. The summed E-state index contributed by atoms with van der Waals surface area (Å²) in [7, 11) is 0. The third kappa shape index (κ3) is 5.89. The minimum absolute atomic E-state index is 0.0764. The predicted molar refractivity (Wildman–Crippen MR) is 105 cm³/mol. The molecule has 2 aromatic rings. The Balaban J connectivity index is 1.45. The topological polar surface area (TPSA) is 70.7 Å². The molecule has 1 heterocycles. The van der Waals surface area contributed by atoms with E-state index in [1.807, 2.05) is 29.2 Å². The Morgan fingerprint density at radius 2 is 1.81 bits per heavy atom. The quantitative estimate of drug-likeness (QED) is 0.794. The van der Waals surface area contributed by atoms with Crippen molar-refractivity contribution < 1.29 is 14.3 Å². The van der Waals surface area contributed by atoms with Crippen LogP contribution in [0.2, 0.25) is 5.02 Å². The van der Waals surface area contributed by atoms with Crippen molar-refractivity contribution in [3.8, 4) is 5.75 Å². The minimum atomic E-state index is -0.226. The van der Waals surface area contributed by atoms with Crippen LogP contribution >= 0.6 is 11.6 Å². The highest BCUT2D eigenvalue weighted by molar-refractivity contribution is 6.30. The average Bonchev–Trinajstić information content (AvgIpc) is 3.21. The van der Waals surface area contributed by atoms with Gasteiger partial charge < -0.3 is 20.3 Å². The second-order valence-corrected chi connectivity index (χ2v) is 6.78. The van der Waals surface area contributed by atoms with Crippen LogP contribution in [0.1, 0.15) is 18.4 Å². The fraction of sp³-hybridized carbons (Fsp3) is 0.300. The van der Waals surface area contributed by atoms with Gasteiger partial charge in [-0.25, -0.2) is 4.79 Å². The maximum Gasteiger partial charge on any atom is 0.321 e. The summed E-state index contributed by atoms with van der Waals surface area (Å²) in [6.45, 7) is 1.88. The van der Waals surface area contributed by atoms with E-state index in [-0.39, 0.29) is 18.5 Å². The van der Waals surface area contributed by atoms with Crippen LogP contribution in [0.4, 0.5) is 10.5 Å². The van der Waals surface area contributed by atoms with Crippen molar-refractivity contribution in [3.63, 3.8) is 0 Å². The van der Waals surface area contributed by atoms with Crippen LogP contribution in [-0.4, -0.2) is 36.5 Å². The van der Waals surface area contributed by atoms with Gasteiger partial charge in [0.15, 0.2) is 6.61 Å². The molecule has 1 aliphatic heterocycles. The van der Waals surface area contributed by atoms with E-state index in [1.54, 1.807) is 24.3 Å². The number of ether oxygens (including phenoxy) is 1. The van der Waals surface area contributed by atoms with Gasteiger partial charge in [-0.15, -0.1) is 0 Å². The predicted octanol–water partition coefficient (Wildman–Crippen LogP) is 3.66. The highest BCUT2D eigenvalue weighted by atomic mass is 35.5. The SMILES string of the molecule is O=C(COc1ccc(Cl)cc1)NCc1cccc(NC(=O)N2CCCC2)c1. The van der Waals surface area contributed by atoms with Gasteiger partial charge in [0, 0.05) is 30.3 Å². The summed E-state index contributed by atoms with van der Waals surface area (Å²) in [5.74, 6) is 0.359. The summed E-state index contributed by atoms with van der Waals surface area (Å²) in [5, 5.41) is 6.32. The number of urea groups is 1. The second-order valence-electron chi connectivity index (χ2n) is 6.34. The monoisotopic (exact) mass is 387 g/mol. The van der Waals surface area contributed by atoms with Crippen LogP contribution < -0.4 is 15.4 Å². The van der Waals surface area contributed by atoms with E-state index < -0.39 is 0 Å². The maximum atomic E-state index is 12.2. The number of likely N-dealkylation sites (tertiary alicyclic amines) is 1. The first kappa shape index (κ1) is 19.0. The Labute approximate surface area is 163 Å². The van der Waals surface area contributed by atoms with Crippen LogP contribution in [0.5, 0.6) is 5.75 Å². The molecule has 1 aliphatic rings. The van der Waals surface area contributed by atoms with Crippen molar-refractivity contribution in [2.75, 3.05) is 25.0 Å². The zero-order valence-electron chi connectivity index (χ0n) is 14.9. The van der Waals surface area contributed by atoms with Gasteiger partial charge in [-0.05, 0) is 54.8 Å². The minimum Gasteiger partial charge on any atom is -0.484 e. The molecule has 0 unspecified atom stereocenters. The van der Waals surface area contributed by atoms with Gasteiger partial charge in [0.2, 0.25) is 0 Å². The lowest BCUT2D eigenvalue weighted by molar-refractivity contribution is -0.123. The van der Waals surface area contributed by atoms with Gasteiger partial charge in [-0.2, -0.15) is 0 Å². The fourth-order valence-corrected chi connectivity index (χ4v) is 2.94. The Morgan fingerprint density at radius 1 is 1.07 bits per heavy atom. The number of nitrogens with zero attached hydrogens (tertiary/aromatic N) is 1. The molecule has 3 rings (SSSR count). The lowest BCUT2D eigenvalue weighted by atomic mass is 10.2. The molecule has 0 radical (unpaired) electrons. The molecule has 27 heavy (non-hydrogen) atoms. The molecule has 1 saturated heterocycles. The lowest BCUT2D eigenvalue weighted by Crippen LogP contribution is -2.32. The molecule has 0 saturated carbocycles. The van der Waals surface area contributed by atoms with Gasteiger partial charge in [0.25, 0.3) is 5.91 Å². The Morgan fingerprint density at radius 3 is 2.56 bits per heavy atom. The van der Waals surface area contributed by atoms with Gasteiger partial charge >= 0.3 is 6.03 Å². The molecule has 7 heteroatoms. The zero-order valence-corrected chi connectivity index (χ0v) is 15.7. The number of nitrogens with one attached hydrogen (secondary N) is 2. The Bertz CT molecular complexity index is 789. The third-order valence-electron chi connectivity index (χ3n) is 4.24. The van der Waals surface area contributed by atoms with Crippen LogP contribution in [0.3, 0.4) is 0 Å². The van der Waals surface area contributed by atoms with E-state index in [2.05, 4.69) is 10.6 Å². The first-order valence-electron chi connectivity index (χ1n) is 8.90. The molecule has 2 aromatic carbocycles. The van der Waals surface area contributed by atoms with Crippen molar-refractivity contribution in [1.82, 2.24) is 10.2 Å². The molecule has 142 valence electrons. The van der Waals surface area contributed by atoms with E-state index in [9.17, 15) is 9.59 Å². The summed E-state index contributed by atoms with van der Waals surface area (Å²) in [5.41, 5.74) is 1.62. The molecule has 3 amide bonds. The van der Waals surface area contributed by atoms with Gasteiger partial charge in [0.05, 0.1) is 0 Å². The van der Waals surface area contributed by atoms with Crippen molar-refractivity contribution >= 4 is 29.2 Å². The molecule has 0 aliphatic carbocycles. The number of hydrogen-bond donors (Lipinski definition) is 2. The van der Waals surface area contributed by atoms with Crippen molar-refractivity contribution in [3.05, 3.63) is 59.1 Å². The van der Waals surface area contributed by atoms with E-state index >= 15 is 0 Å². The summed E-state index contributed by atoms with van der Waals surface area (Å²) >= 11 is 5.81. The van der Waals surface area contributed by atoms with E-state index in [0.717, 1.165) is 37.2 Å². The van der Waals surface area contributed by atoms with Gasteiger partial charge in [-0.1, -0.05) is 23.7 Å². The highest BCUT2D eigenvalue weighted by Crippen LogP contribution is 2.16. The molecule has 0 aromatic heterocycles. The first-order valence-corrected chi connectivity index (χ1v) is 9.28. The molecule has 2 N–H and O–H groups in total. The first-order chi connectivity index (χ1) is 13.1. The molecule has 6 nitrogen and oxygen atoms in total. The third-order valence-corrected chi connectivity index (χ3v) is 4.50. The highest BCUT2D eigenvalue weighted by Gasteiger charge is 2.17. The molecular weight excluding hydrogens is 366 g/mol. The Hall–Kier alpha value is -2.73. The molecular formula is C20H22ClN3O3. The Kier molecular flexibility index (Phi) is 6.54. The summed E-state index contributed by atoms with van der Waals surface area (Å²) in [4.78, 5) is 25.9. The fourth-order valence-electron chi connectivity index (χ4n) is 2.81. The molecule has 0 atom stereocenters. The number of amides is 3. The zero-order chi connectivity index (χ0) is 19.1. The summed E-state index contributed by atoms with van der Waals surface area (Å²) < 4.78 is 5.41. The number of rotatable bonds is 6. The normalized spacial score (nSPS) is 13.3. The van der Waals surface area contributed by atoms with Crippen molar-refractivity contribution in [1.29, 1.82) is 0 Å². The number of carbonyl (C=O) groups excluding carboxylic acids is 2. The van der Waals surface area contributed by atoms with Gasteiger partial charge in [-0.3, -0.25) is 4.79 Å². The van der Waals surface area contributed by atoms with E-state index in [1.165, 1.54) is 0 Å². The van der Waals surface area contributed by atoms with Crippen molar-refractivity contribution in [2.45, 2.75) is 19.4 Å². The molecule has 1 fully saturated rings. The lowest BCUT2D eigenvalue weighted by Gasteiger charge is -2.16. The number of carbonyl (C=O) groups is 2. The van der Waals surface area contributed by atoms with Gasteiger partial charge in [0.1, 0.15) is 5.75 Å². The average molecular weight is 388 g/mol. The van der Waals surface area contributed by atoms with Crippen LogP contribution in [-0.2, 0) is 11.3 Å². The van der Waals surface area contributed by atoms with E-state index in [4.69, 9.17) is 16.3 Å². The summed E-state index contributed by atoms with van der Waals surface area (Å²) in [6, 6.07) is 14.2. The largest absolute Gasteiger partial charge is 0.484 e. The van der Waals surface area contributed by atoms with Crippen LogP contribution in [0.15, 0.2) is 48.5 Å². The second kappa shape index (κ2) is 9.28. The van der Waals surface area contributed by atoms with Crippen LogP contribution in [0, 0.1) is 0 Å². The van der Waals surface area contributed by atoms with Crippen molar-refractivity contribution in [2.24, 2.45) is 0 Å². The number of halogens is 1. The summed E-state index contributed by atoms with van der Waals surface area (Å²) in [6.07, 6.45) is 2.11. The smallest absolute Gasteiger partial charge is 0.321 e. The maximum absolute atomic E-state index is 12.2. The standard InChI is InChI=1S/C20H22ClN3O3/c21-16-6-8-18(9-7-16)27-14-19(25)22-13-15-4-3-5-17(12-15)23-20(26)24-10-1-2-11-24/h3-9,12H,1-2,10-11,13-14H2,(H,22,25)(H,23,26). The molecule has 0 spiro atoms. The van der Waals surface area contributed by atoms with Crippen LogP contribution in [0.25, 0.3) is 0 Å². The molecule has 0 bridgehead atoms. The number of benzene rings is 2. The number of anilines is 1.